The fourth-order valence-electron chi connectivity index (χ4n) is 1.54. The maximum atomic E-state index is 11.5. The smallest absolute Gasteiger partial charge is 0.234 e. The zero-order chi connectivity index (χ0) is 11.8. The van der Waals surface area contributed by atoms with Crippen LogP contribution in [0.1, 0.15) is 32.4 Å². The summed E-state index contributed by atoms with van der Waals surface area (Å²) in [5, 5.41) is 5.96. The molecule has 1 aromatic heterocycles. The van der Waals surface area contributed by atoms with Crippen molar-refractivity contribution < 1.29 is 9.21 Å². The van der Waals surface area contributed by atoms with E-state index in [9.17, 15) is 4.79 Å². The number of hydrogen-bond acceptors (Lipinski definition) is 3. The molecular weight excluding hydrogens is 204 g/mol. The second kappa shape index (κ2) is 7.06. The van der Waals surface area contributed by atoms with Crippen molar-refractivity contribution in [2.45, 2.75) is 39.3 Å². The van der Waals surface area contributed by atoms with E-state index in [0.29, 0.717) is 13.1 Å². The molecule has 4 nitrogen and oxygen atoms in total. The van der Waals surface area contributed by atoms with E-state index in [1.807, 2.05) is 19.1 Å². The average molecular weight is 224 g/mol. The molecule has 1 atom stereocenters. The Labute approximate surface area is 96.4 Å². The van der Waals surface area contributed by atoms with E-state index in [-0.39, 0.29) is 11.9 Å². The maximum Gasteiger partial charge on any atom is 0.234 e. The first kappa shape index (κ1) is 12.8. The lowest BCUT2D eigenvalue weighted by Crippen LogP contribution is -2.38. The van der Waals surface area contributed by atoms with Crippen molar-refractivity contribution in [2.75, 3.05) is 6.54 Å². The van der Waals surface area contributed by atoms with Gasteiger partial charge in [-0.2, -0.15) is 0 Å². The van der Waals surface area contributed by atoms with Crippen LogP contribution < -0.4 is 10.6 Å². The van der Waals surface area contributed by atoms with Gasteiger partial charge in [-0.3, -0.25) is 4.79 Å². The molecule has 16 heavy (non-hydrogen) atoms. The standard InChI is InChI=1S/C12H20N2O2/c1-3-5-10(2)14-12(15)9-13-8-11-6-4-7-16-11/h4,6-7,10,13H,3,5,8-9H2,1-2H3,(H,14,15). The van der Waals surface area contributed by atoms with Crippen molar-refractivity contribution in [3.63, 3.8) is 0 Å². The average Bonchev–Trinajstić information content (AvgIpc) is 2.70. The predicted octanol–water partition coefficient (Wildman–Crippen LogP) is 1.67. The third-order valence-corrected chi connectivity index (χ3v) is 2.29. The Bertz CT molecular complexity index is 296. The number of hydrogen-bond donors (Lipinski definition) is 2. The minimum absolute atomic E-state index is 0.0347. The van der Waals surface area contributed by atoms with Crippen LogP contribution in [0.15, 0.2) is 22.8 Å². The molecule has 0 aliphatic carbocycles. The molecule has 90 valence electrons. The van der Waals surface area contributed by atoms with Crippen LogP contribution in [0.25, 0.3) is 0 Å². The Balaban J connectivity index is 2.10. The van der Waals surface area contributed by atoms with Crippen LogP contribution >= 0.6 is 0 Å². The molecular formula is C12H20N2O2. The Kier molecular flexibility index (Phi) is 5.64. The lowest BCUT2D eigenvalue weighted by molar-refractivity contribution is -0.120. The quantitative estimate of drug-likeness (QED) is 0.740. The van der Waals surface area contributed by atoms with Gasteiger partial charge in [-0.05, 0) is 25.5 Å². The third kappa shape index (κ3) is 4.98. The van der Waals surface area contributed by atoms with E-state index in [4.69, 9.17) is 4.42 Å². The van der Waals surface area contributed by atoms with Gasteiger partial charge >= 0.3 is 0 Å². The van der Waals surface area contributed by atoms with Gasteiger partial charge in [0.05, 0.1) is 19.4 Å². The molecule has 4 heteroatoms. The first-order valence-electron chi connectivity index (χ1n) is 5.74. The number of rotatable bonds is 7. The highest BCUT2D eigenvalue weighted by Gasteiger charge is 2.05. The molecule has 1 unspecified atom stereocenters. The molecule has 0 bridgehead atoms. The van der Waals surface area contributed by atoms with Crippen LogP contribution in [0, 0.1) is 0 Å². The topological polar surface area (TPSA) is 54.3 Å². The molecule has 0 aliphatic heterocycles. The molecule has 1 aromatic rings. The second-order valence-corrected chi connectivity index (χ2v) is 3.94. The summed E-state index contributed by atoms with van der Waals surface area (Å²) in [6.45, 7) is 5.04. The van der Waals surface area contributed by atoms with Gasteiger partial charge in [0, 0.05) is 6.04 Å². The van der Waals surface area contributed by atoms with Crippen LogP contribution in [-0.2, 0) is 11.3 Å². The van der Waals surface area contributed by atoms with E-state index < -0.39 is 0 Å². The number of nitrogens with one attached hydrogen (secondary N) is 2. The van der Waals surface area contributed by atoms with Crippen molar-refractivity contribution in [1.29, 1.82) is 0 Å². The van der Waals surface area contributed by atoms with Gasteiger partial charge in [-0.15, -0.1) is 0 Å². The lowest BCUT2D eigenvalue weighted by atomic mass is 10.2. The number of amides is 1. The van der Waals surface area contributed by atoms with E-state index >= 15 is 0 Å². The Hall–Kier alpha value is -1.29. The van der Waals surface area contributed by atoms with Crippen molar-refractivity contribution in [2.24, 2.45) is 0 Å². The van der Waals surface area contributed by atoms with Crippen LogP contribution in [0.4, 0.5) is 0 Å². The largest absolute Gasteiger partial charge is 0.468 e. The summed E-state index contributed by atoms with van der Waals surface area (Å²) in [6, 6.07) is 3.97. The summed E-state index contributed by atoms with van der Waals surface area (Å²) in [7, 11) is 0. The minimum atomic E-state index is 0.0347. The van der Waals surface area contributed by atoms with Gasteiger partial charge < -0.3 is 15.1 Å². The van der Waals surface area contributed by atoms with E-state index in [0.717, 1.165) is 18.6 Å². The summed E-state index contributed by atoms with van der Waals surface area (Å²) in [5.74, 6) is 0.877. The van der Waals surface area contributed by atoms with Gasteiger partial charge in [0.15, 0.2) is 0 Å². The SMILES string of the molecule is CCCC(C)NC(=O)CNCc1ccco1. The molecule has 0 aromatic carbocycles. The molecule has 0 saturated heterocycles. The van der Waals surface area contributed by atoms with Crippen molar-refractivity contribution in [3.8, 4) is 0 Å². The summed E-state index contributed by atoms with van der Waals surface area (Å²) in [4.78, 5) is 11.5. The van der Waals surface area contributed by atoms with Crippen LogP contribution in [0.3, 0.4) is 0 Å². The van der Waals surface area contributed by atoms with Crippen LogP contribution in [-0.4, -0.2) is 18.5 Å². The van der Waals surface area contributed by atoms with E-state index in [1.165, 1.54) is 0 Å². The molecule has 0 spiro atoms. The highest BCUT2D eigenvalue weighted by molar-refractivity contribution is 5.78. The van der Waals surface area contributed by atoms with Gasteiger partial charge in [0.1, 0.15) is 5.76 Å². The maximum absolute atomic E-state index is 11.5. The van der Waals surface area contributed by atoms with Crippen LogP contribution in [0.5, 0.6) is 0 Å². The molecule has 0 aliphatic rings. The molecule has 1 rings (SSSR count). The summed E-state index contributed by atoms with van der Waals surface area (Å²) >= 11 is 0. The van der Waals surface area contributed by atoms with Crippen molar-refractivity contribution in [1.82, 2.24) is 10.6 Å². The molecule has 1 amide bonds. The van der Waals surface area contributed by atoms with Gasteiger partial charge in [0.2, 0.25) is 5.91 Å². The fraction of sp³-hybridized carbons (Fsp3) is 0.583. The zero-order valence-corrected chi connectivity index (χ0v) is 9.95. The number of carbonyl (C=O) groups excluding carboxylic acids is 1. The van der Waals surface area contributed by atoms with Crippen molar-refractivity contribution in [3.05, 3.63) is 24.2 Å². The number of furan rings is 1. The second-order valence-electron chi connectivity index (χ2n) is 3.94. The molecule has 0 radical (unpaired) electrons. The van der Waals surface area contributed by atoms with Gasteiger partial charge in [0.25, 0.3) is 0 Å². The normalized spacial score (nSPS) is 12.4. The van der Waals surface area contributed by atoms with E-state index in [2.05, 4.69) is 17.6 Å². The molecule has 1 heterocycles. The molecule has 2 N–H and O–H groups in total. The Morgan fingerprint density at radius 1 is 1.56 bits per heavy atom. The highest BCUT2D eigenvalue weighted by Crippen LogP contribution is 1.98. The lowest BCUT2D eigenvalue weighted by Gasteiger charge is -2.12. The van der Waals surface area contributed by atoms with Gasteiger partial charge in [-0.1, -0.05) is 13.3 Å². The zero-order valence-electron chi connectivity index (χ0n) is 9.95. The predicted molar refractivity (Wildman–Crippen MR) is 62.9 cm³/mol. The summed E-state index contributed by atoms with van der Waals surface area (Å²) in [6.07, 6.45) is 3.73. The van der Waals surface area contributed by atoms with Gasteiger partial charge in [-0.25, -0.2) is 0 Å². The van der Waals surface area contributed by atoms with Crippen molar-refractivity contribution >= 4 is 5.91 Å². The van der Waals surface area contributed by atoms with E-state index in [1.54, 1.807) is 6.26 Å². The monoisotopic (exact) mass is 224 g/mol. The first-order chi connectivity index (χ1) is 7.72. The van der Waals surface area contributed by atoms with Crippen LogP contribution in [0.2, 0.25) is 0 Å². The number of carbonyl (C=O) groups is 1. The highest BCUT2D eigenvalue weighted by atomic mass is 16.3. The molecule has 0 saturated carbocycles. The Morgan fingerprint density at radius 2 is 2.38 bits per heavy atom. The first-order valence-corrected chi connectivity index (χ1v) is 5.74. The molecule has 0 fully saturated rings. The summed E-state index contributed by atoms with van der Waals surface area (Å²) in [5.41, 5.74) is 0. The minimum Gasteiger partial charge on any atom is -0.468 e. The summed E-state index contributed by atoms with van der Waals surface area (Å²) < 4.78 is 5.14. The third-order valence-electron chi connectivity index (χ3n) is 2.29. The fourth-order valence-corrected chi connectivity index (χ4v) is 1.54. The Morgan fingerprint density at radius 3 is 3.00 bits per heavy atom.